The van der Waals surface area contributed by atoms with Crippen molar-refractivity contribution in [3.8, 4) is 0 Å². The van der Waals surface area contributed by atoms with Gasteiger partial charge in [0.25, 0.3) is 6.43 Å². The Morgan fingerprint density at radius 2 is 1.92 bits per heavy atom. The fraction of sp³-hybridized carbons (Fsp3) is 0.667. The molecule has 1 nitrogen and oxygen atoms in total. The number of alkyl halides is 2. The van der Waals surface area contributed by atoms with Crippen molar-refractivity contribution in [3.05, 3.63) is 12.2 Å². The summed E-state index contributed by atoms with van der Waals surface area (Å²) < 4.78 is 24.3. The molecule has 0 unspecified atom stereocenters. The largest absolute Gasteiger partial charge is 0.291 e. The molecule has 0 atom stereocenters. The highest BCUT2D eigenvalue weighted by molar-refractivity contribution is 5.89. The Labute approximate surface area is 72.2 Å². The first kappa shape index (κ1) is 11.3. The molecule has 0 N–H and O–H groups in total. The summed E-state index contributed by atoms with van der Waals surface area (Å²) in [6.07, 6.45) is -2.24. The summed E-state index contributed by atoms with van der Waals surface area (Å²) in [6.45, 7) is 7.57. The molecule has 0 saturated heterocycles. The molecule has 0 aromatic heterocycles. The molecule has 0 aromatic rings. The molecule has 0 fully saturated rings. The van der Waals surface area contributed by atoms with E-state index in [1.54, 1.807) is 0 Å². The van der Waals surface area contributed by atoms with Gasteiger partial charge >= 0.3 is 0 Å². The highest BCUT2D eigenvalue weighted by atomic mass is 19.3. The number of rotatable bonds is 4. The molecule has 3 heteroatoms. The van der Waals surface area contributed by atoms with E-state index in [0.29, 0.717) is 0 Å². The highest BCUT2D eigenvalue weighted by Gasteiger charge is 2.14. The molecular weight excluding hydrogens is 160 g/mol. The lowest BCUT2D eigenvalue weighted by molar-refractivity contribution is 0.223. The van der Waals surface area contributed by atoms with Crippen LogP contribution >= 0.6 is 0 Å². The lowest BCUT2D eigenvalue weighted by Gasteiger charge is -2.10. The van der Waals surface area contributed by atoms with Crippen LogP contribution in [0.5, 0.6) is 0 Å². The monoisotopic (exact) mass is 175 g/mol. The third-order valence-corrected chi connectivity index (χ3v) is 1.76. The van der Waals surface area contributed by atoms with Gasteiger partial charge in [-0.25, -0.2) is 8.78 Å². The van der Waals surface area contributed by atoms with Crippen LogP contribution in [-0.4, -0.2) is 19.2 Å². The zero-order chi connectivity index (χ0) is 9.72. The maximum atomic E-state index is 12.2. The molecule has 0 spiro atoms. The van der Waals surface area contributed by atoms with E-state index in [-0.39, 0.29) is 18.1 Å². The van der Waals surface area contributed by atoms with Gasteiger partial charge in [-0.05, 0) is 5.92 Å². The first-order chi connectivity index (χ1) is 5.49. The van der Waals surface area contributed by atoms with Crippen molar-refractivity contribution < 1.29 is 8.78 Å². The van der Waals surface area contributed by atoms with E-state index in [2.05, 4.69) is 11.6 Å². The van der Waals surface area contributed by atoms with Crippen molar-refractivity contribution >= 4 is 5.71 Å². The second kappa shape index (κ2) is 5.01. The van der Waals surface area contributed by atoms with E-state index in [1.807, 2.05) is 13.8 Å². The van der Waals surface area contributed by atoms with Crippen LogP contribution in [-0.2, 0) is 0 Å². The Morgan fingerprint density at radius 1 is 1.42 bits per heavy atom. The van der Waals surface area contributed by atoms with Crippen molar-refractivity contribution in [2.75, 3.05) is 7.05 Å². The number of nitrogens with zero attached hydrogens (tertiary/aromatic N) is 1. The standard InChI is InChI=1S/C9H15F2N/c1-6(2)7(3)5-8(12-4)9(10)11/h6,9H,3,5H2,1-2,4H3/b12-8+. The third-order valence-electron chi connectivity index (χ3n) is 1.76. The summed E-state index contributed by atoms with van der Waals surface area (Å²) in [5, 5.41) is 0. The van der Waals surface area contributed by atoms with E-state index < -0.39 is 6.43 Å². The number of allylic oxidation sites excluding steroid dienone is 1. The molecule has 0 heterocycles. The SMILES string of the molecule is C=C(C/C(=N\C)C(F)F)C(C)C. The number of aliphatic imine (C=N–C) groups is 1. The number of hydrogen-bond acceptors (Lipinski definition) is 1. The summed E-state index contributed by atoms with van der Waals surface area (Å²) in [6, 6.07) is 0. The van der Waals surface area contributed by atoms with Gasteiger partial charge in [-0.1, -0.05) is 26.0 Å². The van der Waals surface area contributed by atoms with Crippen LogP contribution in [0.4, 0.5) is 8.78 Å². The van der Waals surface area contributed by atoms with Crippen LogP contribution in [0.15, 0.2) is 17.1 Å². The number of hydrogen-bond donors (Lipinski definition) is 0. The zero-order valence-electron chi connectivity index (χ0n) is 7.77. The summed E-state index contributed by atoms with van der Waals surface area (Å²) in [5.74, 6) is 0.237. The van der Waals surface area contributed by atoms with Crippen molar-refractivity contribution in [1.29, 1.82) is 0 Å². The lowest BCUT2D eigenvalue weighted by Crippen LogP contribution is -2.12. The summed E-state index contributed by atoms with van der Waals surface area (Å²) in [4.78, 5) is 3.52. The molecule has 0 aliphatic carbocycles. The van der Waals surface area contributed by atoms with Gasteiger partial charge in [-0.3, -0.25) is 4.99 Å². The Balaban J connectivity index is 4.15. The second-order valence-corrected chi connectivity index (χ2v) is 3.01. The molecule has 0 rings (SSSR count). The van der Waals surface area contributed by atoms with Gasteiger partial charge in [0, 0.05) is 13.5 Å². The van der Waals surface area contributed by atoms with E-state index in [0.717, 1.165) is 5.57 Å². The molecule has 0 bridgehead atoms. The normalized spacial score (nSPS) is 12.8. The first-order valence-corrected chi connectivity index (χ1v) is 3.90. The minimum absolute atomic E-state index is 0.0753. The van der Waals surface area contributed by atoms with E-state index in [1.165, 1.54) is 7.05 Å². The predicted molar refractivity (Wildman–Crippen MR) is 48.0 cm³/mol. The van der Waals surface area contributed by atoms with Gasteiger partial charge in [0.15, 0.2) is 0 Å². The van der Waals surface area contributed by atoms with Gasteiger partial charge in [0.1, 0.15) is 0 Å². The van der Waals surface area contributed by atoms with Crippen LogP contribution in [0.3, 0.4) is 0 Å². The molecule has 0 amide bonds. The molecule has 0 aliphatic heterocycles. The first-order valence-electron chi connectivity index (χ1n) is 3.90. The van der Waals surface area contributed by atoms with Gasteiger partial charge in [0.2, 0.25) is 0 Å². The second-order valence-electron chi connectivity index (χ2n) is 3.01. The van der Waals surface area contributed by atoms with Crippen molar-refractivity contribution in [2.45, 2.75) is 26.7 Å². The Bertz CT molecular complexity index is 183. The molecule has 0 radical (unpaired) electrons. The van der Waals surface area contributed by atoms with Crippen LogP contribution in [0, 0.1) is 5.92 Å². The number of halogens is 2. The summed E-state index contributed by atoms with van der Waals surface area (Å²) in [7, 11) is 1.38. The average Bonchev–Trinajstić information content (AvgIpc) is 1.98. The molecule has 0 saturated carbocycles. The minimum atomic E-state index is -2.45. The van der Waals surface area contributed by atoms with E-state index in [9.17, 15) is 8.78 Å². The van der Waals surface area contributed by atoms with Gasteiger partial charge in [-0.2, -0.15) is 0 Å². The maximum Gasteiger partial charge on any atom is 0.276 e. The fourth-order valence-corrected chi connectivity index (χ4v) is 0.691. The van der Waals surface area contributed by atoms with Crippen LogP contribution in [0.25, 0.3) is 0 Å². The van der Waals surface area contributed by atoms with E-state index >= 15 is 0 Å². The summed E-state index contributed by atoms with van der Waals surface area (Å²) >= 11 is 0. The molecule has 12 heavy (non-hydrogen) atoms. The molecular formula is C9H15F2N. The molecule has 0 aliphatic rings. The highest BCUT2D eigenvalue weighted by Crippen LogP contribution is 2.14. The minimum Gasteiger partial charge on any atom is -0.291 e. The van der Waals surface area contributed by atoms with Crippen LogP contribution in [0.1, 0.15) is 20.3 Å². The van der Waals surface area contributed by atoms with Gasteiger partial charge in [0.05, 0.1) is 5.71 Å². The quantitative estimate of drug-likeness (QED) is 0.460. The third kappa shape index (κ3) is 3.60. The van der Waals surface area contributed by atoms with Crippen LogP contribution < -0.4 is 0 Å². The smallest absolute Gasteiger partial charge is 0.276 e. The maximum absolute atomic E-state index is 12.2. The van der Waals surface area contributed by atoms with Crippen LogP contribution in [0.2, 0.25) is 0 Å². The van der Waals surface area contributed by atoms with E-state index in [4.69, 9.17) is 0 Å². The van der Waals surface area contributed by atoms with Crippen molar-refractivity contribution in [1.82, 2.24) is 0 Å². The van der Waals surface area contributed by atoms with Crippen molar-refractivity contribution in [3.63, 3.8) is 0 Å². The lowest BCUT2D eigenvalue weighted by atomic mass is 9.99. The Hall–Kier alpha value is -0.730. The molecule has 70 valence electrons. The Kier molecular flexibility index (Phi) is 4.71. The van der Waals surface area contributed by atoms with Gasteiger partial charge in [-0.15, -0.1) is 0 Å². The zero-order valence-corrected chi connectivity index (χ0v) is 7.77. The van der Waals surface area contributed by atoms with Gasteiger partial charge < -0.3 is 0 Å². The molecule has 0 aromatic carbocycles. The average molecular weight is 175 g/mol. The topological polar surface area (TPSA) is 12.4 Å². The Morgan fingerprint density at radius 3 is 2.17 bits per heavy atom. The predicted octanol–water partition coefficient (Wildman–Crippen LogP) is 2.92. The van der Waals surface area contributed by atoms with Crippen molar-refractivity contribution in [2.24, 2.45) is 10.9 Å². The fourth-order valence-electron chi connectivity index (χ4n) is 0.691. The summed E-state index contributed by atoms with van der Waals surface area (Å²) in [5.41, 5.74) is 0.726.